The lowest BCUT2D eigenvalue weighted by atomic mass is 9.98. The van der Waals surface area contributed by atoms with Crippen LogP contribution in [0, 0.1) is 6.92 Å². The van der Waals surface area contributed by atoms with Crippen molar-refractivity contribution in [2.45, 2.75) is 38.4 Å². The molecule has 0 bridgehead atoms. The molecule has 0 amide bonds. The Balaban J connectivity index is 1.83. The van der Waals surface area contributed by atoms with Gasteiger partial charge in [-0.1, -0.05) is 12.5 Å². The van der Waals surface area contributed by atoms with Gasteiger partial charge in [0, 0.05) is 31.4 Å². The molecule has 0 N–H and O–H groups in total. The Kier molecular flexibility index (Phi) is 3.86. The van der Waals surface area contributed by atoms with E-state index in [0.29, 0.717) is 6.04 Å². The van der Waals surface area contributed by atoms with Crippen molar-refractivity contribution in [3.63, 3.8) is 0 Å². The molecule has 2 fully saturated rings. The summed E-state index contributed by atoms with van der Waals surface area (Å²) in [6.45, 7) is 5.66. The van der Waals surface area contributed by atoms with Crippen LogP contribution in [-0.4, -0.2) is 37.1 Å². The molecular weight excluding hydrogens is 277 g/mol. The fraction of sp³-hybridized carbons (Fsp3) is 0.625. The van der Waals surface area contributed by atoms with Gasteiger partial charge < -0.3 is 4.90 Å². The van der Waals surface area contributed by atoms with Crippen molar-refractivity contribution in [1.29, 1.82) is 0 Å². The van der Waals surface area contributed by atoms with E-state index in [-0.39, 0.29) is 0 Å². The number of fused-ring (bicyclic) bond motifs is 1. The molecule has 2 saturated heterocycles. The van der Waals surface area contributed by atoms with Crippen LogP contribution in [0.5, 0.6) is 0 Å². The second kappa shape index (κ2) is 5.52. The van der Waals surface area contributed by atoms with Gasteiger partial charge in [0.15, 0.2) is 0 Å². The van der Waals surface area contributed by atoms with Gasteiger partial charge in [-0.25, -0.2) is 0 Å². The number of halogens is 3. The van der Waals surface area contributed by atoms with Crippen molar-refractivity contribution in [1.82, 2.24) is 4.90 Å². The lowest BCUT2D eigenvalue weighted by Gasteiger charge is -2.45. The maximum absolute atomic E-state index is 12.9. The summed E-state index contributed by atoms with van der Waals surface area (Å²) in [7, 11) is 0. The van der Waals surface area contributed by atoms with E-state index < -0.39 is 11.7 Å². The molecule has 2 heterocycles. The number of hydrogen-bond donors (Lipinski definition) is 0. The normalized spacial score (nSPS) is 24.0. The molecule has 2 aliphatic rings. The largest absolute Gasteiger partial charge is 0.416 e. The number of alkyl halides is 3. The van der Waals surface area contributed by atoms with Crippen molar-refractivity contribution in [3.05, 3.63) is 29.3 Å². The molecule has 2 aliphatic heterocycles. The molecular formula is C16H21F3N2. The maximum Gasteiger partial charge on any atom is 0.416 e. The van der Waals surface area contributed by atoms with Crippen LogP contribution in [0.15, 0.2) is 18.2 Å². The first-order valence-corrected chi connectivity index (χ1v) is 7.62. The van der Waals surface area contributed by atoms with Gasteiger partial charge in [-0.05, 0) is 44.0 Å². The minimum atomic E-state index is -4.27. The van der Waals surface area contributed by atoms with Crippen LogP contribution in [0.3, 0.4) is 0 Å². The van der Waals surface area contributed by atoms with Gasteiger partial charge in [-0.15, -0.1) is 0 Å². The lowest BCUT2D eigenvalue weighted by Crippen LogP contribution is -2.55. The first-order chi connectivity index (χ1) is 9.95. The summed E-state index contributed by atoms with van der Waals surface area (Å²) in [6, 6.07) is 4.58. The predicted octanol–water partition coefficient (Wildman–Crippen LogP) is 3.69. The molecule has 1 atom stereocenters. The second-order valence-corrected chi connectivity index (χ2v) is 6.13. The van der Waals surface area contributed by atoms with Crippen molar-refractivity contribution in [2.75, 3.05) is 31.1 Å². The van der Waals surface area contributed by atoms with Gasteiger partial charge in [0.2, 0.25) is 0 Å². The van der Waals surface area contributed by atoms with E-state index in [4.69, 9.17) is 0 Å². The summed E-state index contributed by atoms with van der Waals surface area (Å²) < 4.78 is 38.7. The number of anilines is 1. The van der Waals surface area contributed by atoms with Gasteiger partial charge >= 0.3 is 6.18 Å². The summed E-state index contributed by atoms with van der Waals surface area (Å²) in [5.41, 5.74) is 1.12. The van der Waals surface area contributed by atoms with Crippen LogP contribution in [0.2, 0.25) is 0 Å². The van der Waals surface area contributed by atoms with E-state index in [0.717, 1.165) is 43.9 Å². The molecule has 0 aromatic heterocycles. The van der Waals surface area contributed by atoms with Gasteiger partial charge in [0.1, 0.15) is 0 Å². The second-order valence-electron chi connectivity index (χ2n) is 6.13. The summed E-state index contributed by atoms with van der Waals surface area (Å²) in [5, 5.41) is 0. The molecule has 3 rings (SSSR count). The van der Waals surface area contributed by atoms with Gasteiger partial charge in [0.25, 0.3) is 0 Å². The van der Waals surface area contributed by atoms with Crippen LogP contribution in [0.4, 0.5) is 18.9 Å². The van der Waals surface area contributed by atoms with E-state index in [1.165, 1.54) is 25.0 Å². The first kappa shape index (κ1) is 14.7. The molecule has 0 aliphatic carbocycles. The van der Waals surface area contributed by atoms with Gasteiger partial charge in [0.05, 0.1) is 5.56 Å². The van der Waals surface area contributed by atoms with E-state index in [2.05, 4.69) is 9.80 Å². The number of aryl methyl sites for hydroxylation is 1. The van der Waals surface area contributed by atoms with E-state index in [1.807, 2.05) is 6.92 Å². The van der Waals surface area contributed by atoms with E-state index in [1.54, 1.807) is 6.07 Å². The van der Waals surface area contributed by atoms with Crippen LogP contribution < -0.4 is 4.90 Å². The maximum atomic E-state index is 12.9. The highest BCUT2D eigenvalue weighted by molar-refractivity contribution is 5.56. The number of benzene rings is 1. The molecule has 1 aromatic rings. The van der Waals surface area contributed by atoms with Crippen LogP contribution in [0.1, 0.15) is 30.4 Å². The molecule has 0 saturated carbocycles. The zero-order valence-corrected chi connectivity index (χ0v) is 12.3. The molecule has 116 valence electrons. The van der Waals surface area contributed by atoms with E-state index >= 15 is 0 Å². The molecule has 1 unspecified atom stereocenters. The van der Waals surface area contributed by atoms with E-state index in [9.17, 15) is 13.2 Å². The lowest BCUT2D eigenvalue weighted by molar-refractivity contribution is -0.137. The zero-order valence-electron chi connectivity index (χ0n) is 12.3. The molecule has 21 heavy (non-hydrogen) atoms. The number of hydrogen-bond acceptors (Lipinski definition) is 2. The third kappa shape index (κ3) is 3.03. The fourth-order valence-corrected chi connectivity index (χ4v) is 3.50. The van der Waals surface area contributed by atoms with Crippen molar-refractivity contribution >= 4 is 5.69 Å². The Morgan fingerprint density at radius 1 is 1.10 bits per heavy atom. The molecule has 5 heteroatoms. The highest BCUT2D eigenvalue weighted by Crippen LogP contribution is 2.34. The van der Waals surface area contributed by atoms with Crippen LogP contribution >= 0.6 is 0 Å². The average molecular weight is 298 g/mol. The Morgan fingerprint density at radius 2 is 1.90 bits per heavy atom. The van der Waals surface area contributed by atoms with Gasteiger partial charge in [-0.3, -0.25) is 4.90 Å². The third-order valence-corrected chi connectivity index (χ3v) is 4.71. The predicted molar refractivity (Wildman–Crippen MR) is 77.6 cm³/mol. The number of piperazine rings is 1. The Labute approximate surface area is 123 Å². The monoisotopic (exact) mass is 298 g/mol. The molecule has 2 nitrogen and oxygen atoms in total. The minimum absolute atomic E-state index is 0.501. The zero-order chi connectivity index (χ0) is 15.0. The Bertz CT molecular complexity index is 513. The smallest absolute Gasteiger partial charge is 0.368 e. The van der Waals surface area contributed by atoms with Gasteiger partial charge in [-0.2, -0.15) is 13.2 Å². The quantitative estimate of drug-likeness (QED) is 0.780. The summed E-state index contributed by atoms with van der Waals surface area (Å²) in [4.78, 5) is 4.63. The van der Waals surface area contributed by atoms with Crippen molar-refractivity contribution in [3.8, 4) is 0 Å². The Morgan fingerprint density at radius 3 is 2.67 bits per heavy atom. The first-order valence-electron chi connectivity index (χ1n) is 7.62. The molecule has 0 radical (unpaired) electrons. The highest BCUT2D eigenvalue weighted by atomic mass is 19.4. The standard InChI is InChI=1S/C16H21F3N2/c1-12-5-6-13(16(17,18)19)10-15(12)21-9-8-20-7-3-2-4-14(20)11-21/h5-6,10,14H,2-4,7-9,11H2,1H3. The SMILES string of the molecule is Cc1ccc(C(F)(F)F)cc1N1CCN2CCCCC2C1. The Hall–Kier alpha value is -1.23. The topological polar surface area (TPSA) is 6.48 Å². The fourth-order valence-electron chi connectivity index (χ4n) is 3.50. The van der Waals surface area contributed by atoms with Crippen LogP contribution in [0.25, 0.3) is 0 Å². The minimum Gasteiger partial charge on any atom is -0.368 e. The molecule has 0 spiro atoms. The molecule has 1 aromatic carbocycles. The summed E-state index contributed by atoms with van der Waals surface area (Å²) >= 11 is 0. The number of rotatable bonds is 1. The van der Waals surface area contributed by atoms with Crippen molar-refractivity contribution in [2.24, 2.45) is 0 Å². The third-order valence-electron chi connectivity index (χ3n) is 4.71. The summed E-state index contributed by atoms with van der Waals surface area (Å²) in [6.07, 6.45) is -0.626. The highest BCUT2D eigenvalue weighted by Gasteiger charge is 2.33. The number of nitrogens with zero attached hydrogens (tertiary/aromatic N) is 2. The number of piperidine rings is 1. The van der Waals surface area contributed by atoms with Crippen molar-refractivity contribution < 1.29 is 13.2 Å². The van der Waals surface area contributed by atoms with Crippen LogP contribution in [-0.2, 0) is 6.18 Å². The summed E-state index contributed by atoms with van der Waals surface area (Å²) in [5.74, 6) is 0. The average Bonchev–Trinajstić information content (AvgIpc) is 2.46.